The molecule has 1 aliphatic rings. The molecule has 128 valence electrons. The van der Waals surface area contributed by atoms with Crippen molar-refractivity contribution in [1.29, 1.82) is 0 Å². The number of pyridine rings is 1. The molecule has 0 bridgehead atoms. The van der Waals surface area contributed by atoms with Crippen LogP contribution in [0.3, 0.4) is 0 Å². The molecule has 0 saturated carbocycles. The summed E-state index contributed by atoms with van der Waals surface area (Å²) in [6, 6.07) is 7.88. The van der Waals surface area contributed by atoms with E-state index in [9.17, 15) is 4.79 Å². The highest BCUT2D eigenvalue weighted by molar-refractivity contribution is 5.92. The smallest absolute Gasteiger partial charge is 0.268 e. The van der Waals surface area contributed by atoms with Crippen LogP contribution in [0.2, 0.25) is 0 Å². The summed E-state index contributed by atoms with van der Waals surface area (Å²) >= 11 is 0. The van der Waals surface area contributed by atoms with Crippen LogP contribution in [0.5, 0.6) is 5.88 Å². The first-order chi connectivity index (χ1) is 11.7. The van der Waals surface area contributed by atoms with Crippen molar-refractivity contribution in [2.24, 2.45) is 7.05 Å². The van der Waals surface area contributed by atoms with Gasteiger partial charge in [-0.15, -0.1) is 0 Å². The number of amides is 1. The molecule has 24 heavy (non-hydrogen) atoms. The van der Waals surface area contributed by atoms with Crippen molar-refractivity contribution in [3.63, 3.8) is 0 Å². The van der Waals surface area contributed by atoms with Gasteiger partial charge in [0.25, 0.3) is 5.91 Å². The number of aryl methyl sites for hydroxylation is 1. The average molecular weight is 328 g/mol. The zero-order chi connectivity index (χ0) is 16.9. The molecular formula is C18H24N4O2. The van der Waals surface area contributed by atoms with Crippen LogP contribution in [0.4, 0.5) is 0 Å². The van der Waals surface area contributed by atoms with Gasteiger partial charge in [0, 0.05) is 51.2 Å². The van der Waals surface area contributed by atoms with Crippen LogP contribution in [0, 0.1) is 0 Å². The second-order valence-corrected chi connectivity index (χ2v) is 6.14. The van der Waals surface area contributed by atoms with Crippen LogP contribution < -0.4 is 10.1 Å². The number of carbonyl (C=O) groups excluding carboxylic acids is 1. The largest absolute Gasteiger partial charge is 0.478 e. The maximum absolute atomic E-state index is 12.3. The fourth-order valence-corrected chi connectivity index (χ4v) is 3.05. The van der Waals surface area contributed by atoms with Crippen LogP contribution in [-0.4, -0.2) is 46.1 Å². The summed E-state index contributed by atoms with van der Waals surface area (Å²) in [4.78, 5) is 18.9. The fourth-order valence-electron chi connectivity index (χ4n) is 3.05. The Morgan fingerprint density at radius 3 is 2.96 bits per heavy atom. The molecule has 1 N–H and O–H groups in total. The average Bonchev–Trinajstić information content (AvgIpc) is 3.18. The Balaban J connectivity index is 1.50. The van der Waals surface area contributed by atoms with E-state index in [1.807, 2.05) is 55.2 Å². The molecule has 0 unspecified atom stereocenters. The Morgan fingerprint density at radius 1 is 1.42 bits per heavy atom. The van der Waals surface area contributed by atoms with Gasteiger partial charge in [-0.25, -0.2) is 4.98 Å². The number of rotatable bonds is 6. The van der Waals surface area contributed by atoms with E-state index in [1.54, 1.807) is 0 Å². The van der Waals surface area contributed by atoms with Gasteiger partial charge in [-0.05, 0) is 31.0 Å². The summed E-state index contributed by atoms with van der Waals surface area (Å²) in [6.45, 7) is 5.26. The van der Waals surface area contributed by atoms with Crippen LogP contribution in [0.15, 0.2) is 36.7 Å². The number of nitrogens with zero attached hydrogens (tertiary/aromatic N) is 3. The molecule has 1 amide bonds. The zero-order valence-electron chi connectivity index (χ0n) is 14.2. The number of nitrogens with one attached hydrogen (secondary N) is 1. The van der Waals surface area contributed by atoms with E-state index in [1.165, 1.54) is 0 Å². The van der Waals surface area contributed by atoms with E-state index in [2.05, 4.69) is 15.2 Å². The molecular weight excluding hydrogens is 304 g/mol. The van der Waals surface area contributed by atoms with E-state index in [-0.39, 0.29) is 11.9 Å². The fraction of sp³-hybridized carbons (Fsp3) is 0.444. The number of carbonyl (C=O) groups is 1. The molecule has 1 aliphatic heterocycles. The first kappa shape index (κ1) is 16.5. The summed E-state index contributed by atoms with van der Waals surface area (Å²) in [5, 5.41) is 3.13. The van der Waals surface area contributed by atoms with Crippen LogP contribution >= 0.6 is 0 Å². The lowest BCUT2D eigenvalue weighted by Crippen LogP contribution is -2.37. The summed E-state index contributed by atoms with van der Waals surface area (Å²) < 4.78 is 7.20. The predicted octanol–water partition coefficient (Wildman–Crippen LogP) is 1.82. The van der Waals surface area contributed by atoms with E-state index in [0.717, 1.165) is 31.6 Å². The Morgan fingerprint density at radius 2 is 2.29 bits per heavy atom. The maximum atomic E-state index is 12.3. The third-order valence-corrected chi connectivity index (χ3v) is 4.28. The van der Waals surface area contributed by atoms with Gasteiger partial charge in [0.15, 0.2) is 0 Å². The lowest BCUT2D eigenvalue weighted by Gasteiger charge is -2.17. The normalized spacial score (nSPS) is 17.8. The van der Waals surface area contributed by atoms with Gasteiger partial charge >= 0.3 is 0 Å². The van der Waals surface area contributed by atoms with Crippen molar-refractivity contribution >= 4 is 5.91 Å². The summed E-state index contributed by atoms with van der Waals surface area (Å²) in [6.07, 6.45) is 4.72. The molecule has 2 aromatic heterocycles. The van der Waals surface area contributed by atoms with Gasteiger partial charge < -0.3 is 14.6 Å². The monoisotopic (exact) mass is 328 g/mol. The summed E-state index contributed by atoms with van der Waals surface area (Å²) in [7, 11) is 1.88. The van der Waals surface area contributed by atoms with Crippen molar-refractivity contribution in [3.05, 3.63) is 47.9 Å². The molecule has 1 saturated heterocycles. The number of likely N-dealkylation sites (tertiary alicyclic amines) is 1. The summed E-state index contributed by atoms with van der Waals surface area (Å²) in [5.74, 6) is 0.660. The first-order valence-corrected chi connectivity index (χ1v) is 8.38. The van der Waals surface area contributed by atoms with Crippen molar-refractivity contribution in [2.45, 2.75) is 25.9 Å². The third-order valence-electron chi connectivity index (χ3n) is 4.28. The molecule has 3 rings (SSSR count). The highest BCUT2D eigenvalue weighted by Gasteiger charge is 2.24. The third kappa shape index (κ3) is 3.94. The zero-order valence-corrected chi connectivity index (χ0v) is 14.2. The van der Waals surface area contributed by atoms with Crippen LogP contribution in [0.25, 0.3) is 0 Å². The molecule has 0 spiro atoms. The molecule has 6 nitrogen and oxygen atoms in total. The Labute approximate surface area is 142 Å². The van der Waals surface area contributed by atoms with E-state index in [4.69, 9.17) is 4.74 Å². The summed E-state index contributed by atoms with van der Waals surface area (Å²) in [5.41, 5.74) is 1.86. The van der Waals surface area contributed by atoms with E-state index >= 15 is 0 Å². The lowest BCUT2D eigenvalue weighted by molar-refractivity contribution is 0.0929. The highest BCUT2D eigenvalue weighted by Crippen LogP contribution is 2.15. The molecule has 3 heterocycles. The first-order valence-electron chi connectivity index (χ1n) is 8.38. The minimum atomic E-state index is -0.00270. The SMILES string of the molecule is CCOc1ccc(CN2CC[C@@H](NC(=O)c3cccn3C)C2)cn1. The van der Waals surface area contributed by atoms with Gasteiger partial charge in [-0.3, -0.25) is 9.69 Å². The second-order valence-electron chi connectivity index (χ2n) is 6.14. The van der Waals surface area contributed by atoms with Gasteiger partial charge in [0.1, 0.15) is 5.69 Å². The quantitative estimate of drug-likeness (QED) is 0.879. The number of hydrogen-bond donors (Lipinski definition) is 1. The van der Waals surface area contributed by atoms with E-state index in [0.29, 0.717) is 18.2 Å². The Kier molecular flexibility index (Phi) is 5.15. The van der Waals surface area contributed by atoms with Crippen LogP contribution in [0.1, 0.15) is 29.4 Å². The minimum absolute atomic E-state index is 0.00270. The molecule has 2 aromatic rings. The van der Waals surface area contributed by atoms with Crippen molar-refractivity contribution in [1.82, 2.24) is 19.8 Å². The van der Waals surface area contributed by atoms with E-state index < -0.39 is 0 Å². The minimum Gasteiger partial charge on any atom is -0.478 e. The lowest BCUT2D eigenvalue weighted by atomic mass is 10.2. The van der Waals surface area contributed by atoms with Gasteiger partial charge in [0.2, 0.25) is 5.88 Å². The molecule has 1 atom stereocenters. The van der Waals surface area contributed by atoms with Crippen molar-refractivity contribution in [3.8, 4) is 5.88 Å². The molecule has 6 heteroatoms. The second kappa shape index (κ2) is 7.49. The predicted molar refractivity (Wildman–Crippen MR) is 92.0 cm³/mol. The van der Waals surface area contributed by atoms with Gasteiger partial charge in [0.05, 0.1) is 6.61 Å². The van der Waals surface area contributed by atoms with Crippen LogP contribution in [-0.2, 0) is 13.6 Å². The van der Waals surface area contributed by atoms with Gasteiger partial charge in [-0.1, -0.05) is 6.07 Å². The molecule has 0 aromatic carbocycles. The van der Waals surface area contributed by atoms with Gasteiger partial charge in [-0.2, -0.15) is 0 Å². The maximum Gasteiger partial charge on any atom is 0.268 e. The standard InChI is InChI=1S/C18H24N4O2/c1-3-24-17-7-6-14(11-19-17)12-22-10-8-15(13-22)20-18(23)16-5-4-9-21(16)2/h4-7,9,11,15H,3,8,10,12-13H2,1-2H3,(H,20,23)/t15-/m1/s1. The Hall–Kier alpha value is -2.34. The van der Waals surface area contributed by atoms with Crippen molar-refractivity contribution in [2.75, 3.05) is 19.7 Å². The number of ether oxygens (including phenoxy) is 1. The topological polar surface area (TPSA) is 59.4 Å². The number of aromatic nitrogens is 2. The molecule has 0 aliphatic carbocycles. The highest BCUT2D eigenvalue weighted by atomic mass is 16.5. The number of hydrogen-bond acceptors (Lipinski definition) is 4. The Bertz CT molecular complexity index is 681. The van der Waals surface area contributed by atoms with Crippen molar-refractivity contribution < 1.29 is 9.53 Å². The molecule has 0 radical (unpaired) electrons. The molecule has 1 fully saturated rings.